The fourth-order valence-corrected chi connectivity index (χ4v) is 3.11. The molecule has 6 heteroatoms. The van der Waals surface area contributed by atoms with Gasteiger partial charge in [-0.2, -0.15) is 0 Å². The van der Waals surface area contributed by atoms with Gasteiger partial charge >= 0.3 is 0 Å². The minimum atomic E-state index is -0.219. The number of anilines is 1. The van der Waals surface area contributed by atoms with Gasteiger partial charge in [0.25, 0.3) is 0 Å². The lowest BCUT2D eigenvalue weighted by Gasteiger charge is -2.11. The minimum absolute atomic E-state index is 0.219. The summed E-state index contributed by atoms with van der Waals surface area (Å²) in [5.41, 5.74) is 6.93. The van der Waals surface area contributed by atoms with Crippen LogP contribution in [0.4, 0.5) is 10.2 Å². The third-order valence-corrected chi connectivity index (χ3v) is 5.01. The Bertz CT molecular complexity index is 634. The summed E-state index contributed by atoms with van der Waals surface area (Å²) in [5, 5.41) is 0. The number of benzene rings is 1. The first-order valence-electron chi connectivity index (χ1n) is 6.65. The van der Waals surface area contributed by atoms with Gasteiger partial charge in [0, 0.05) is 4.90 Å². The second kappa shape index (κ2) is 7.40. The molecule has 3 nitrogen and oxygen atoms in total. The summed E-state index contributed by atoms with van der Waals surface area (Å²) in [6, 6.07) is 6.71. The van der Waals surface area contributed by atoms with E-state index in [4.69, 9.17) is 5.73 Å². The van der Waals surface area contributed by atoms with Crippen molar-refractivity contribution in [1.82, 2.24) is 9.97 Å². The van der Waals surface area contributed by atoms with Crippen molar-refractivity contribution < 1.29 is 4.39 Å². The zero-order chi connectivity index (χ0) is 15.4. The number of hydrogen-bond donors (Lipinski definition) is 1. The number of hydrogen-bond acceptors (Lipinski definition) is 4. The molecule has 1 aromatic carbocycles. The SMILES string of the molecule is CC(C)Cc1nc(CSc2ccccc2F)nc(N)c1I. The summed E-state index contributed by atoms with van der Waals surface area (Å²) in [4.78, 5) is 9.48. The highest BCUT2D eigenvalue weighted by molar-refractivity contribution is 14.1. The van der Waals surface area contributed by atoms with Crippen molar-refractivity contribution in [2.45, 2.75) is 30.9 Å². The summed E-state index contributed by atoms with van der Waals surface area (Å²) < 4.78 is 14.5. The van der Waals surface area contributed by atoms with Gasteiger partial charge in [0.2, 0.25) is 0 Å². The Kier molecular flexibility index (Phi) is 5.80. The van der Waals surface area contributed by atoms with Crippen LogP contribution in [0.3, 0.4) is 0 Å². The van der Waals surface area contributed by atoms with Crippen LogP contribution in [0.2, 0.25) is 0 Å². The van der Waals surface area contributed by atoms with Crippen molar-refractivity contribution >= 4 is 40.2 Å². The van der Waals surface area contributed by atoms with Crippen LogP contribution >= 0.6 is 34.4 Å². The fourth-order valence-electron chi connectivity index (χ4n) is 1.86. The first kappa shape index (κ1) is 16.5. The summed E-state index contributed by atoms with van der Waals surface area (Å²) in [7, 11) is 0. The Morgan fingerprint density at radius 3 is 2.67 bits per heavy atom. The molecule has 112 valence electrons. The number of halogens is 2. The van der Waals surface area contributed by atoms with Gasteiger partial charge in [-0.25, -0.2) is 14.4 Å². The van der Waals surface area contributed by atoms with E-state index in [0.717, 1.165) is 15.7 Å². The summed E-state index contributed by atoms with van der Waals surface area (Å²) in [6.45, 7) is 4.28. The van der Waals surface area contributed by atoms with Crippen molar-refractivity contribution in [3.8, 4) is 0 Å². The Hall–Kier alpha value is -0.890. The smallest absolute Gasteiger partial charge is 0.141 e. The van der Waals surface area contributed by atoms with Gasteiger partial charge in [-0.1, -0.05) is 26.0 Å². The second-order valence-electron chi connectivity index (χ2n) is 5.10. The summed E-state index contributed by atoms with van der Waals surface area (Å²) in [5.74, 6) is 1.94. The number of rotatable bonds is 5. The minimum Gasteiger partial charge on any atom is -0.383 e. The maximum Gasteiger partial charge on any atom is 0.141 e. The maximum atomic E-state index is 13.6. The van der Waals surface area contributed by atoms with E-state index in [2.05, 4.69) is 46.4 Å². The van der Waals surface area contributed by atoms with Crippen molar-refractivity contribution in [1.29, 1.82) is 0 Å². The molecule has 0 saturated carbocycles. The van der Waals surface area contributed by atoms with Gasteiger partial charge in [-0.15, -0.1) is 11.8 Å². The number of aromatic nitrogens is 2. The first-order chi connectivity index (χ1) is 9.97. The molecule has 0 fully saturated rings. The van der Waals surface area contributed by atoms with Gasteiger partial charge < -0.3 is 5.73 Å². The van der Waals surface area contributed by atoms with E-state index in [1.54, 1.807) is 12.1 Å². The lowest BCUT2D eigenvalue weighted by molar-refractivity contribution is 0.602. The fraction of sp³-hybridized carbons (Fsp3) is 0.333. The average molecular weight is 417 g/mol. The maximum absolute atomic E-state index is 13.6. The van der Waals surface area contributed by atoms with Gasteiger partial charge in [-0.3, -0.25) is 0 Å². The predicted molar refractivity (Wildman–Crippen MR) is 93.7 cm³/mol. The van der Waals surface area contributed by atoms with E-state index >= 15 is 0 Å². The van der Waals surface area contributed by atoms with Gasteiger partial charge in [0.05, 0.1) is 15.0 Å². The van der Waals surface area contributed by atoms with E-state index in [0.29, 0.717) is 28.2 Å². The quantitative estimate of drug-likeness (QED) is 0.583. The third-order valence-electron chi connectivity index (χ3n) is 2.79. The molecule has 2 rings (SSSR count). The highest BCUT2D eigenvalue weighted by Gasteiger charge is 2.12. The summed E-state index contributed by atoms with van der Waals surface area (Å²) >= 11 is 3.57. The van der Waals surface area contributed by atoms with E-state index in [9.17, 15) is 4.39 Å². The lowest BCUT2D eigenvalue weighted by atomic mass is 10.1. The predicted octanol–water partition coefficient (Wildman–Crippen LogP) is 4.29. The largest absolute Gasteiger partial charge is 0.383 e. The summed E-state index contributed by atoms with van der Waals surface area (Å²) in [6.07, 6.45) is 0.863. The molecular weight excluding hydrogens is 400 g/mol. The molecule has 2 aromatic rings. The number of nitrogens with zero attached hydrogens (tertiary/aromatic N) is 2. The van der Waals surface area contributed by atoms with Crippen LogP contribution < -0.4 is 5.73 Å². The standard InChI is InChI=1S/C15H17FIN3S/c1-9(2)7-11-14(17)15(18)20-13(19-11)8-21-12-6-4-3-5-10(12)16/h3-6,9H,7-8H2,1-2H3,(H2,18,19,20). The van der Waals surface area contributed by atoms with E-state index in [1.807, 2.05) is 6.07 Å². The highest BCUT2D eigenvalue weighted by atomic mass is 127. The van der Waals surface area contributed by atoms with Gasteiger partial charge in [-0.05, 0) is 47.1 Å². The lowest BCUT2D eigenvalue weighted by Crippen LogP contribution is -2.09. The molecule has 0 aliphatic rings. The highest BCUT2D eigenvalue weighted by Crippen LogP contribution is 2.26. The third kappa shape index (κ3) is 4.54. The molecule has 0 aliphatic carbocycles. The van der Waals surface area contributed by atoms with Crippen molar-refractivity contribution in [2.75, 3.05) is 5.73 Å². The number of nitrogens with two attached hydrogens (primary N) is 1. The number of nitrogen functional groups attached to an aromatic ring is 1. The van der Waals surface area contributed by atoms with Gasteiger partial charge in [0.1, 0.15) is 17.5 Å². The topological polar surface area (TPSA) is 51.8 Å². The van der Waals surface area contributed by atoms with E-state index in [-0.39, 0.29) is 5.82 Å². The van der Waals surface area contributed by atoms with Crippen LogP contribution in [0.1, 0.15) is 25.4 Å². The van der Waals surface area contributed by atoms with Crippen LogP contribution in [0.15, 0.2) is 29.2 Å². The van der Waals surface area contributed by atoms with E-state index in [1.165, 1.54) is 17.8 Å². The molecule has 0 radical (unpaired) electrons. The molecule has 0 bridgehead atoms. The molecule has 21 heavy (non-hydrogen) atoms. The van der Waals surface area contributed by atoms with Crippen LogP contribution in [-0.4, -0.2) is 9.97 Å². The molecule has 2 N–H and O–H groups in total. The number of thioether (sulfide) groups is 1. The molecule has 0 atom stereocenters. The molecule has 0 aliphatic heterocycles. The molecule has 1 aromatic heterocycles. The monoisotopic (exact) mass is 417 g/mol. The van der Waals surface area contributed by atoms with Crippen LogP contribution in [-0.2, 0) is 12.2 Å². The zero-order valence-corrected chi connectivity index (χ0v) is 14.9. The van der Waals surface area contributed by atoms with Crippen molar-refractivity contribution in [2.24, 2.45) is 5.92 Å². The van der Waals surface area contributed by atoms with E-state index < -0.39 is 0 Å². The Morgan fingerprint density at radius 2 is 2.00 bits per heavy atom. The Labute approximate surface area is 142 Å². The Morgan fingerprint density at radius 1 is 1.29 bits per heavy atom. The van der Waals surface area contributed by atoms with Crippen LogP contribution in [0, 0.1) is 15.3 Å². The average Bonchev–Trinajstić information content (AvgIpc) is 2.42. The van der Waals surface area contributed by atoms with Crippen molar-refractivity contribution in [3.63, 3.8) is 0 Å². The second-order valence-corrected chi connectivity index (χ2v) is 7.20. The molecule has 0 unspecified atom stereocenters. The van der Waals surface area contributed by atoms with Crippen molar-refractivity contribution in [3.05, 3.63) is 45.2 Å². The normalized spacial score (nSPS) is 11.1. The molecule has 1 heterocycles. The first-order valence-corrected chi connectivity index (χ1v) is 8.72. The van der Waals surface area contributed by atoms with Gasteiger partial charge in [0.15, 0.2) is 0 Å². The van der Waals surface area contributed by atoms with Crippen LogP contribution in [0.25, 0.3) is 0 Å². The molecular formula is C15H17FIN3S. The molecule has 0 spiro atoms. The van der Waals surface area contributed by atoms with Crippen LogP contribution in [0.5, 0.6) is 0 Å². The zero-order valence-electron chi connectivity index (χ0n) is 11.9. The molecule has 0 amide bonds. The molecule has 0 saturated heterocycles. The Balaban J connectivity index is 2.17.